The van der Waals surface area contributed by atoms with Crippen molar-refractivity contribution >= 4 is 33.2 Å². The van der Waals surface area contributed by atoms with Gasteiger partial charge in [0.2, 0.25) is 11.8 Å². The average molecular weight is 678 g/mol. The molecule has 3 aromatic carbocycles. The average Bonchev–Trinajstić information content (AvgIpc) is 3.75. The number of thiophene rings is 1. The summed E-state index contributed by atoms with van der Waals surface area (Å²) in [6, 6.07) is 16.2. The fourth-order valence-corrected chi connectivity index (χ4v) is 8.24. The zero-order chi connectivity index (χ0) is 33.9. The summed E-state index contributed by atoms with van der Waals surface area (Å²) in [5.74, 6) is -1.52. The first-order valence-electron chi connectivity index (χ1n) is 16.3. The maximum absolute atomic E-state index is 16.1. The number of nitrogens with one attached hydrogen (secondary N) is 1. The molecule has 1 spiro atoms. The van der Waals surface area contributed by atoms with Crippen molar-refractivity contribution < 1.29 is 27.8 Å². The fourth-order valence-electron chi connectivity index (χ4n) is 7.29. The molecule has 7 nitrogen and oxygen atoms in total. The molecule has 3 aliphatic rings. The van der Waals surface area contributed by atoms with Crippen molar-refractivity contribution in [1.29, 1.82) is 0 Å². The lowest BCUT2D eigenvalue weighted by molar-refractivity contribution is -0.127. The Kier molecular flexibility index (Phi) is 7.80. The summed E-state index contributed by atoms with van der Waals surface area (Å²) in [4.78, 5) is 32.3. The molecule has 4 heterocycles. The van der Waals surface area contributed by atoms with E-state index in [2.05, 4.69) is 24.0 Å². The second-order valence-electron chi connectivity index (χ2n) is 12.8. The predicted molar refractivity (Wildman–Crippen MR) is 185 cm³/mol. The Balaban J connectivity index is 1.36. The Labute approximate surface area is 286 Å². The number of rotatable bonds is 8. The van der Waals surface area contributed by atoms with Gasteiger partial charge in [0.25, 0.3) is 0 Å². The van der Waals surface area contributed by atoms with E-state index in [1.54, 1.807) is 4.90 Å². The van der Waals surface area contributed by atoms with Crippen LogP contribution < -0.4 is 10.1 Å². The highest BCUT2D eigenvalue weighted by atomic mass is 32.1. The molecule has 2 amide bonds. The van der Waals surface area contributed by atoms with E-state index < -0.39 is 17.0 Å². The van der Waals surface area contributed by atoms with E-state index in [-0.39, 0.29) is 36.3 Å². The van der Waals surface area contributed by atoms with Crippen LogP contribution in [-0.4, -0.2) is 48.6 Å². The van der Waals surface area contributed by atoms with Gasteiger partial charge in [-0.25, -0.2) is 13.8 Å². The molecule has 10 heteroatoms. The fraction of sp³-hybridized carbons (Fsp3) is 0.256. The lowest BCUT2D eigenvalue weighted by Crippen LogP contribution is -2.39. The van der Waals surface area contributed by atoms with E-state index in [1.165, 1.54) is 30.6 Å². The SMILES string of the molecule is C=CC(=O)N1CCc2ccc(-c3nc(-c4ccc5c(c4)CNC(=O)C54CC4)c4ccsc4c3-c3c(F)cc(F)cc3OCCOC)cc2C1. The topological polar surface area (TPSA) is 80.8 Å². The molecule has 1 saturated carbocycles. The molecule has 1 N–H and O–H groups in total. The van der Waals surface area contributed by atoms with Crippen LogP contribution in [0.15, 0.2) is 72.6 Å². The molecule has 0 atom stereocenters. The third-order valence-electron chi connectivity index (χ3n) is 9.92. The van der Waals surface area contributed by atoms with E-state index in [4.69, 9.17) is 14.5 Å². The van der Waals surface area contributed by atoms with Crippen molar-refractivity contribution in [2.75, 3.05) is 26.9 Å². The van der Waals surface area contributed by atoms with Gasteiger partial charge in [-0.1, -0.05) is 30.8 Å². The van der Waals surface area contributed by atoms with Crippen LogP contribution in [0.3, 0.4) is 0 Å². The van der Waals surface area contributed by atoms with Crippen molar-refractivity contribution in [3.63, 3.8) is 0 Å². The summed E-state index contributed by atoms with van der Waals surface area (Å²) < 4.78 is 42.7. The number of benzene rings is 3. The number of amides is 2. The summed E-state index contributed by atoms with van der Waals surface area (Å²) >= 11 is 1.45. The Hall–Kier alpha value is -4.93. The van der Waals surface area contributed by atoms with Gasteiger partial charge in [0.1, 0.15) is 24.0 Å². The van der Waals surface area contributed by atoms with Crippen LogP contribution in [0, 0.1) is 11.6 Å². The molecule has 1 fully saturated rings. The van der Waals surface area contributed by atoms with Crippen LogP contribution in [0.25, 0.3) is 43.7 Å². The van der Waals surface area contributed by atoms with Crippen LogP contribution in [-0.2, 0) is 39.3 Å². The normalized spacial score (nSPS) is 15.9. The summed E-state index contributed by atoms with van der Waals surface area (Å²) in [5, 5.41) is 5.83. The smallest absolute Gasteiger partial charge is 0.246 e. The Morgan fingerprint density at radius 3 is 2.61 bits per heavy atom. The van der Waals surface area contributed by atoms with Gasteiger partial charge in [-0.3, -0.25) is 9.59 Å². The van der Waals surface area contributed by atoms with Gasteiger partial charge in [-0.05, 0) is 71.2 Å². The van der Waals surface area contributed by atoms with E-state index in [9.17, 15) is 14.0 Å². The van der Waals surface area contributed by atoms with E-state index in [0.717, 1.165) is 62.4 Å². The number of aromatic nitrogens is 1. The number of nitrogens with zero attached hydrogens (tertiary/aromatic N) is 2. The minimum atomic E-state index is -0.766. The highest BCUT2D eigenvalue weighted by Crippen LogP contribution is 2.52. The maximum atomic E-state index is 16.1. The van der Waals surface area contributed by atoms with Gasteiger partial charge in [0.15, 0.2) is 0 Å². The lowest BCUT2D eigenvalue weighted by atomic mass is 9.85. The molecule has 1 aliphatic carbocycles. The standard InChI is InChI=1S/C39H33F2N3O4S/c1-3-32(45)44-12-8-22-4-5-24(17-26(22)21-44)36-34(33-30(41)18-27(40)19-31(33)48-14-13-47-2)37-28(9-15-49-37)35(43-36)23-6-7-29-25(16-23)20-42-38(46)39(29)10-11-39/h3-7,9,15-19H,1,8,10-14,20-21H2,2H3,(H,42,46). The Bertz CT molecular complexity index is 2190. The number of methoxy groups -OCH3 is 1. The van der Waals surface area contributed by atoms with E-state index in [1.807, 2.05) is 35.7 Å². The third-order valence-corrected chi connectivity index (χ3v) is 10.9. The molecule has 8 rings (SSSR count). The monoisotopic (exact) mass is 677 g/mol. The number of carbonyl (C=O) groups is 2. The number of ether oxygens (including phenoxy) is 2. The Morgan fingerprint density at radius 2 is 1.82 bits per heavy atom. The minimum Gasteiger partial charge on any atom is -0.490 e. The molecule has 0 bridgehead atoms. The van der Waals surface area contributed by atoms with Gasteiger partial charge in [-0.2, -0.15) is 0 Å². The van der Waals surface area contributed by atoms with Crippen LogP contribution in [0.2, 0.25) is 0 Å². The summed E-state index contributed by atoms with van der Waals surface area (Å²) in [5.41, 5.74) is 7.22. The summed E-state index contributed by atoms with van der Waals surface area (Å²) in [6.45, 7) is 5.43. The highest BCUT2D eigenvalue weighted by Gasteiger charge is 2.53. The minimum absolute atomic E-state index is 0.0556. The number of hydrogen-bond donors (Lipinski definition) is 1. The van der Waals surface area contributed by atoms with Crippen molar-refractivity contribution in [3.8, 4) is 39.4 Å². The maximum Gasteiger partial charge on any atom is 0.246 e. The van der Waals surface area contributed by atoms with E-state index in [0.29, 0.717) is 43.0 Å². The van der Waals surface area contributed by atoms with Crippen molar-refractivity contribution in [2.45, 2.75) is 37.8 Å². The van der Waals surface area contributed by atoms with Gasteiger partial charge in [0, 0.05) is 65.7 Å². The van der Waals surface area contributed by atoms with Crippen molar-refractivity contribution in [2.24, 2.45) is 0 Å². The number of fused-ring (bicyclic) bond motifs is 4. The van der Waals surface area contributed by atoms with Gasteiger partial charge < -0.3 is 19.7 Å². The second kappa shape index (κ2) is 12.2. The first kappa shape index (κ1) is 31.3. The van der Waals surface area contributed by atoms with E-state index >= 15 is 4.39 Å². The van der Waals surface area contributed by atoms with Gasteiger partial charge in [0.05, 0.1) is 29.0 Å². The molecular formula is C39H33F2N3O4S. The first-order valence-corrected chi connectivity index (χ1v) is 17.2. The van der Waals surface area contributed by atoms with Gasteiger partial charge >= 0.3 is 0 Å². The molecule has 248 valence electrons. The third kappa shape index (κ3) is 5.30. The highest BCUT2D eigenvalue weighted by molar-refractivity contribution is 7.18. The largest absolute Gasteiger partial charge is 0.490 e. The molecule has 0 saturated heterocycles. The van der Waals surface area contributed by atoms with Crippen molar-refractivity contribution in [1.82, 2.24) is 15.2 Å². The second-order valence-corrected chi connectivity index (χ2v) is 13.7. The zero-order valence-corrected chi connectivity index (χ0v) is 27.7. The first-order chi connectivity index (χ1) is 23.8. The number of halogens is 2. The zero-order valence-electron chi connectivity index (χ0n) is 26.9. The van der Waals surface area contributed by atoms with Gasteiger partial charge in [-0.15, -0.1) is 11.3 Å². The molecule has 0 unspecified atom stereocenters. The number of hydrogen-bond acceptors (Lipinski definition) is 6. The molecule has 0 radical (unpaired) electrons. The summed E-state index contributed by atoms with van der Waals surface area (Å²) in [7, 11) is 1.53. The van der Waals surface area contributed by atoms with Crippen LogP contribution in [0.5, 0.6) is 5.75 Å². The van der Waals surface area contributed by atoms with Crippen molar-refractivity contribution in [3.05, 3.63) is 107 Å². The number of carbonyl (C=O) groups excluding carboxylic acids is 2. The molecule has 49 heavy (non-hydrogen) atoms. The van der Waals surface area contributed by atoms with Crippen LogP contribution in [0.4, 0.5) is 8.78 Å². The summed E-state index contributed by atoms with van der Waals surface area (Å²) in [6.07, 6.45) is 3.69. The number of pyridine rings is 1. The van der Waals surface area contributed by atoms with Crippen LogP contribution >= 0.6 is 11.3 Å². The molecular weight excluding hydrogens is 645 g/mol. The molecule has 2 aliphatic heterocycles. The quantitative estimate of drug-likeness (QED) is 0.137. The molecule has 5 aromatic rings. The predicted octanol–water partition coefficient (Wildman–Crippen LogP) is 7.33. The lowest BCUT2D eigenvalue weighted by Gasteiger charge is -2.28. The van der Waals surface area contributed by atoms with Crippen LogP contribution in [0.1, 0.15) is 35.1 Å². The Morgan fingerprint density at radius 1 is 1.02 bits per heavy atom. The molecule has 2 aromatic heterocycles.